The average molecular weight is 452 g/mol. The molecule has 0 N–H and O–H groups in total. The van der Waals surface area contributed by atoms with Crippen LogP contribution in [0.2, 0.25) is 0 Å². The molecule has 0 fully saturated rings. The van der Waals surface area contributed by atoms with E-state index in [1.165, 1.54) is 23.4 Å². The zero-order valence-electron chi connectivity index (χ0n) is 18.9. The number of fused-ring (bicyclic) bond motifs is 1. The molecular formula is C28H28F3NO. The van der Waals surface area contributed by atoms with Gasteiger partial charge < -0.3 is 9.64 Å². The van der Waals surface area contributed by atoms with Gasteiger partial charge >= 0.3 is 6.18 Å². The maximum atomic E-state index is 13.1. The van der Waals surface area contributed by atoms with Gasteiger partial charge in [0, 0.05) is 23.8 Å². The molecule has 5 heteroatoms. The summed E-state index contributed by atoms with van der Waals surface area (Å²) in [7, 11) is 1.67. The summed E-state index contributed by atoms with van der Waals surface area (Å²) in [5.41, 5.74) is 4.90. The van der Waals surface area contributed by atoms with Gasteiger partial charge in [-0.15, -0.1) is 0 Å². The number of ether oxygens (including phenoxy) is 1. The van der Waals surface area contributed by atoms with Crippen LogP contribution in [0, 0.1) is 0 Å². The van der Waals surface area contributed by atoms with Gasteiger partial charge in [0.1, 0.15) is 5.75 Å². The summed E-state index contributed by atoms with van der Waals surface area (Å²) in [4.78, 5) is 2.36. The van der Waals surface area contributed by atoms with Crippen molar-refractivity contribution < 1.29 is 17.9 Å². The highest BCUT2D eigenvalue weighted by Crippen LogP contribution is 2.42. The largest absolute Gasteiger partial charge is 0.497 e. The molecule has 0 radical (unpaired) electrons. The highest BCUT2D eigenvalue weighted by atomic mass is 19.4. The third kappa shape index (κ3) is 5.08. The van der Waals surface area contributed by atoms with Gasteiger partial charge in [-0.1, -0.05) is 61.9 Å². The van der Waals surface area contributed by atoms with E-state index in [4.69, 9.17) is 4.74 Å². The van der Waals surface area contributed by atoms with Crippen molar-refractivity contribution in [3.8, 4) is 5.75 Å². The Kier molecular flexibility index (Phi) is 6.77. The molecule has 1 atom stereocenters. The van der Waals surface area contributed by atoms with Crippen LogP contribution in [0.4, 0.5) is 18.9 Å². The smallest absolute Gasteiger partial charge is 0.416 e. The first-order valence-electron chi connectivity index (χ1n) is 11.3. The second kappa shape index (κ2) is 9.74. The van der Waals surface area contributed by atoms with E-state index in [1.807, 2.05) is 24.3 Å². The minimum Gasteiger partial charge on any atom is -0.497 e. The van der Waals surface area contributed by atoms with E-state index in [0.29, 0.717) is 0 Å². The van der Waals surface area contributed by atoms with Gasteiger partial charge in [0.05, 0.1) is 12.7 Å². The number of halogens is 3. The first kappa shape index (κ1) is 23.0. The van der Waals surface area contributed by atoms with Crippen molar-refractivity contribution in [1.29, 1.82) is 0 Å². The van der Waals surface area contributed by atoms with E-state index in [1.54, 1.807) is 19.2 Å². The molecule has 0 aromatic heterocycles. The van der Waals surface area contributed by atoms with E-state index in [2.05, 4.69) is 42.2 Å². The predicted octanol–water partition coefficient (Wildman–Crippen LogP) is 7.59. The zero-order valence-corrected chi connectivity index (χ0v) is 18.9. The molecule has 2 nitrogen and oxygen atoms in total. The molecule has 3 aromatic carbocycles. The molecule has 1 aliphatic rings. The fourth-order valence-electron chi connectivity index (χ4n) is 4.49. The lowest BCUT2D eigenvalue weighted by molar-refractivity contribution is -0.137. The van der Waals surface area contributed by atoms with E-state index in [-0.39, 0.29) is 5.92 Å². The Morgan fingerprint density at radius 3 is 2.36 bits per heavy atom. The standard InChI is InChI=1S/C28H28F3NO/c1-3-7-23-19-26(21-12-14-22(15-13-21)28(29,30)31)25-10-4-5-11-27(25)32(23)17-16-20-8-6-9-24(18-20)33-2/h4-6,8-15,18-19,26H,3,7,16-17H2,1-2H3/t26-/m1/s1. The summed E-state index contributed by atoms with van der Waals surface area (Å²) >= 11 is 0. The monoisotopic (exact) mass is 451 g/mol. The van der Waals surface area contributed by atoms with Crippen LogP contribution >= 0.6 is 0 Å². The van der Waals surface area contributed by atoms with Crippen molar-refractivity contribution >= 4 is 5.69 Å². The molecule has 0 bridgehead atoms. The molecule has 0 saturated carbocycles. The lowest BCUT2D eigenvalue weighted by atomic mass is 9.85. The summed E-state index contributed by atoms with van der Waals surface area (Å²) < 4.78 is 44.5. The molecule has 0 spiro atoms. The highest BCUT2D eigenvalue weighted by Gasteiger charge is 2.31. The topological polar surface area (TPSA) is 12.5 Å². The van der Waals surface area contributed by atoms with Crippen LogP contribution in [0.1, 0.15) is 47.9 Å². The van der Waals surface area contributed by atoms with Crippen molar-refractivity contribution in [1.82, 2.24) is 0 Å². The minimum absolute atomic E-state index is 0.0712. The van der Waals surface area contributed by atoms with Gasteiger partial charge in [-0.05, 0) is 59.9 Å². The number of anilines is 1. The molecule has 0 aliphatic carbocycles. The third-order valence-corrected chi connectivity index (χ3v) is 6.13. The number of nitrogens with zero attached hydrogens (tertiary/aromatic N) is 1. The second-order valence-electron chi connectivity index (χ2n) is 8.32. The van der Waals surface area contributed by atoms with Crippen LogP contribution in [0.3, 0.4) is 0 Å². The summed E-state index contributed by atoms with van der Waals surface area (Å²) in [6.07, 6.45) is 0.646. The van der Waals surface area contributed by atoms with E-state index < -0.39 is 11.7 Å². The van der Waals surface area contributed by atoms with Crippen LogP contribution < -0.4 is 9.64 Å². The van der Waals surface area contributed by atoms with E-state index in [0.717, 1.165) is 48.4 Å². The van der Waals surface area contributed by atoms with Crippen molar-refractivity contribution in [2.75, 3.05) is 18.6 Å². The van der Waals surface area contributed by atoms with Gasteiger partial charge in [-0.2, -0.15) is 13.2 Å². The van der Waals surface area contributed by atoms with Crippen molar-refractivity contribution in [2.45, 2.75) is 38.3 Å². The summed E-state index contributed by atoms with van der Waals surface area (Å²) in [6, 6.07) is 21.9. The van der Waals surface area contributed by atoms with Crippen LogP contribution in [-0.2, 0) is 12.6 Å². The molecule has 4 rings (SSSR count). The number of methoxy groups -OCH3 is 1. The minimum atomic E-state index is -4.33. The normalized spacial score (nSPS) is 15.7. The number of benzene rings is 3. The Morgan fingerprint density at radius 2 is 1.67 bits per heavy atom. The quantitative estimate of drug-likeness (QED) is 0.367. The summed E-state index contributed by atoms with van der Waals surface area (Å²) in [5.74, 6) is 0.774. The summed E-state index contributed by atoms with van der Waals surface area (Å²) in [6.45, 7) is 2.96. The highest BCUT2D eigenvalue weighted by molar-refractivity contribution is 5.65. The first-order chi connectivity index (χ1) is 15.9. The lowest BCUT2D eigenvalue weighted by Gasteiger charge is -2.36. The molecule has 1 aliphatic heterocycles. The maximum absolute atomic E-state index is 13.1. The van der Waals surface area contributed by atoms with Crippen LogP contribution in [0.5, 0.6) is 5.75 Å². The fraction of sp³-hybridized carbons (Fsp3) is 0.286. The Balaban J connectivity index is 1.67. The van der Waals surface area contributed by atoms with Gasteiger partial charge in [-0.25, -0.2) is 0 Å². The Morgan fingerprint density at radius 1 is 0.909 bits per heavy atom. The van der Waals surface area contributed by atoms with Gasteiger partial charge in [-0.3, -0.25) is 0 Å². The van der Waals surface area contributed by atoms with Crippen LogP contribution in [-0.4, -0.2) is 13.7 Å². The van der Waals surface area contributed by atoms with Crippen molar-refractivity contribution in [2.24, 2.45) is 0 Å². The third-order valence-electron chi connectivity index (χ3n) is 6.13. The maximum Gasteiger partial charge on any atom is 0.416 e. The Bertz CT molecular complexity index is 1120. The second-order valence-corrected chi connectivity index (χ2v) is 8.32. The van der Waals surface area contributed by atoms with E-state index in [9.17, 15) is 13.2 Å². The van der Waals surface area contributed by atoms with Gasteiger partial charge in [0.15, 0.2) is 0 Å². The molecule has 0 amide bonds. The zero-order chi connectivity index (χ0) is 23.4. The van der Waals surface area contributed by atoms with Crippen molar-refractivity contribution in [3.05, 3.63) is 107 Å². The number of hydrogen-bond acceptors (Lipinski definition) is 2. The van der Waals surface area contributed by atoms with E-state index >= 15 is 0 Å². The number of allylic oxidation sites excluding steroid dienone is 2. The molecule has 0 saturated heterocycles. The predicted molar refractivity (Wildman–Crippen MR) is 127 cm³/mol. The number of para-hydroxylation sites is 1. The molecule has 33 heavy (non-hydrogen) atoms. The SMILES string of the molecule is CCCC1=C[C@H](c2ccc(C(F)(F)F)cc2)c2ccccc2N1CCc1cccc(OC)c1. The Hall–Kier alpha value is -3.21. The van der Waals surface area contributed by atoms with Gasteiger partial charge in [0.2, 0.25) is 0 Å². The molecule has 0 unspecified atom stereocenters. The number of alkyl halides is 3. The fourth-order valence-corrected chi connectivity index (χ4v) is 4.49. The van der Waals surface area contributed by atoms with Crippen LogP contribution in [0.25, 0.3) is 0 Å². The van der Waals surface area contributed by atoms with Crippen molar-refractivity contribution in [3.63, 3.8) is 0 Å². The summed E-state index contributed by atoms with van der Waals surface area (Å²) in [5, 5.41) is 0. The van der Waals surface area contributed by atoms with Crippen LogP contribution in [0.15, 0.2) is 84.6 Å². The average Bonchev–Trinajstić information content (AvgIpc) is 2.83. The number of rotatable bonds is 7. The molecule has 1 heterocycles. The Labute approximate surface area is 193 Å². The van der Waals surface area contributed by atoms with Gasteiger partial charge in [0.25, 0.3) is 0 Å². The number of hydrogen-bond donors (Lipinski definition) is 0. The molecular weight excluding hydrogens is 423 g/mol. The molecule has 3 aromatic rings. The molecule has 172 valence electrons. The first-order valence-corrected chi connectivity index (χ1v) is 11.3. The lowest BCUT2D eigenvalue weighted by Crippen LogP contribution is -2.30.